The number of carbonyl (C=O) groups excluding carboxylic acids is 2. The standard InChI is InChI=1S/C28H26N4O3S2/c1-2-15-36-27-22(6-4-12-29-27)28(35)32-13-10-18(11-14-32)26-31-24(17-37-26)25(34)30-23-7-3-5-19-16-20(33)8-9-21(19)23/h2-9,12,16-18,33H,1,10-11,13-15H2,(H,30,34). The van der Waals surface area contributed by atoms with E-state index in [1.54, 1.807) is 41.9 Å². The first-order valence-corrected chi connectivity index (χ1v) is 13.9. The lowest BCUT2D eigenvalue weighted by Gasteiger charge is -2.31. The third-order valence-corrected chi connectivity index (χ3v) is 8.35. The molecule has 1 aliphatic rings. The van der Waals surface area contributed by atoms with Crippen LogP contribution in [-0.4, -0.2) is 50.6 Å². The molecular formula is C28H26N4O3S2. The van der Waals surface area contributed by atoms with E-state index in [0.29, 0.717) is 35.8 Å². The average molecular weight is 531 g/mol. The van der Waals surface area contributed by atoms with Crippen molar-refractivity contribution in [1.82, 2.24) is 14.9 Å². The number of phenolic OH excluding ortho intramolecular Hbond substituents is 1. The number of likely N-dealkylation sites (tertiary alicyclic amines) is 1. The Hall–Kier alpha value is -3.69. The summed E-state index contributed by atoms with van der Waals surface area (Å²) >= 11 is 3.00. The molecule has 0 atom stereocenters. The van der Waals surface area contributed by atoms with Crippen molar-refractivity contribution in [1.29, 1.82) is 0 Å². The van der Waals surface area contributed by atoms with Gasteiger partial charge in [0.15, 0.2) is 0 Å². The first-order chi connectivity index (χ1) is 18.0. The van der Waals surface area contributed by atoms with Crippen molar-refractivity contribution in [2.75, 3.05) is 24.2 Å². The van der Waals surface area contributed by atoms with Crippen molar-refractivity contribution in [3.63, 3.8) is 0 Å². The molecule has 0 bridgehead atoms. The number of nitrogens with zero attached hydrogens (tertiary/aromatic N) is 3. The van der Waals surface area contributed by atoms with E-state index >= 15 is 0 Å². The maximum absolute atomic E-state index is 13.2. The fourth-order valence-corrected chi connectivity index (χ4v) is 6.15. The van der Waals surface area contributed by atoms with Crippen LogP contribution in [0, 0.1) is 0 Å². The maximum Gasteiger partial charge on any atom is 0.275 e. The highest BCUT2D eigenvalue weighted by Gasteiger charge is 2.28. The topological polar surface area (TPSA) is 95.4 Å². The minimum Gasteiger partial charge on any atom is -0.508 e. The largest absolute Gasteiger partial charge is 0.508 e. The number of anilines is 1. The van der Waals surface area contributed by atoms with Crippen LogP contribution in [-0.2, 0) is 0 Å². The van der Waals surface area contributed by atoms with Crippen molar-refractivity contribution < 1.29 is 14.7 Å². The molecule has 0 unspecified atom stereocenters. The van der Waals surface area contributed by atoms with Crippen molar-refractivity contribution in [2.24, 2.45) is 0 Å². The van der Waals surface area contributed by atoms with Gasteiger partial charge in [0.25, 0.3) is 11.8 Å². The Bertz CT molecular complexity index is 1460. The van der Waals surface area contributed by atoms with Crippen molar-refractivity contribution in [3.05, 3.63) is 89.0 Å². The van der Waals surface area contributed by atoms with Gasteiger partial charge in [0.2, 0.25) is 0 Å². The number of aromatic nitrogens is 2. The van der Waals surface area contributed by atoms with E-state index in [2.05, 4.69) is 21.9 Å². The first kappa shape index (κ1) is 25.0. The van der Waals surface area contributed by atoms with Crippen LogP contribution in [0.15, 0.2) is 77.8 Å². The van der Waals surface area contributed by atoms with E-state index in [0.717, 1.165) is 33.6 Å². The highest BCUT2D eigenvalue weighted by atomic mass is 32.2. The van der Waals surface area contributed by atoms with Crippen molar-refractivity contribution in [3.8, 4) is 5.75 Å². The molecule has 2 N–H and O–H groups in total. The van der Waals surface area contributed by atoms with E-state index < -0.39 is 0 Å². The molecule has 9 heteroatoms. The minimum absolute atomic E-state index is 0.000671. The zero-order chi connectivity index (χ0) is 25.8. The number of benzene rings is 2. The van der Waals surface area contributed by atoms with Gasteiger partial charge in [-0.1, -0.05) is 18.2 Å². The van der Waals surface area contributed by atoms with Gasteiger partial charge < -0.3 is 15.3 Å². The molecule has 4 aromatic rings. The summed E-state index contributed by atoms with van der Waals surface area (Å²) in [6, 6.07) is 14.2. The number of piperidine rings is 1. The number of hydrogen-bond donors (Lipinski definition) is 2. The number of pyridine rings is 1. The van der Waals surface area contributed by atoms with Crippen LogP contribution < -0.4 is 5.32 Å². The smallest absolute Gasteiger partial charge is 0.275 e. The van der Waals surface area contributed by atoms with Crippen LogP contribution in [0.5, 0.6) is 5.75 Å². The Labute approximate surface area is 223 Å². The van der Waals surface area contributed by atoms with Crippen LogP contribution >= 0.6 is 23.1 Å². The van der Waals surface area contributed by atoms with Gasteiger partial charge in [0, 0.05) is 47.4 Å². The number of hydrogen-bond acceptors (Lipinski definition) is 7. The summed E-state index contributed by atoms with van der Waals surface area (Å²) in [5, 5.41) is 17.8. The SMILES string of the molecule is C=CCSc1ncccc1C(=O)N1CCC(c2nc(C(=O)Nc3cccc4cc(O)ccc34)cs2)CC1. The Morgan fingerprint density at radius 2 is 2.03 bits per heavy atom. The zero-order valence-electron chi connectivity index (χ0n) is 20.1. The number of aromatic hydroxyl groups is 1. The number of amides is 2. The summed E-state index contributed by atoms with van der Waals surface area (Å²) in [5.74, 6) is 0.821. The lowest BCUT2D eigenvalue weighted by atomic mass is 9.97. The van der Waals surface area contributed by atoms with Gasteiger partial charge in [-0.3, -0.25) is 9.59 Å². The molecule has 1 aliphatic heterocycles. The fraction of sp³-hybridized carbons (Fsp3) is 0.214. The van der Waals surface area contributed by atoms with E-state index in [9.17, 15) is 14.7 Å². The quantitative estimate of drug-likeness (QED) is 0.227. The first-order valence-electron chi connectivity index (χ1n) is 12.0. The number of carbonyl (C=O) groups is 2. The van der Waals surface area contributed by atoms with Crippen LogP contribution in [0.25, 0.3) is 10.8 Å². The number of nitrogens with one attached hydrogen (secondary N) is 1. The lowest BCUT2D eigenvalue weighted by Crippen LogP contribution is -2.38. The van der Waals surface area contributed by atoms with Crippen LogP contribution in [0.4, 0.5) is 5.69 Å². The van der Waals surface area contributed by atoms with Gasteiger partial charge in [0.05, 0.1) is 10.6 Å². The predicted molar refractivity (Wildman–Crippen MR) is 149 cm³/mol. The summed E-state index contributed by atoms with van der Waals surface area (Å²) < 4.78 is 0. The molecule has 0 saturated carbocycles. The van der Waals surface area contributed by atoms with Crippen LogP contribution in [0.3, 0.4) is 0 Å². The third-order valence-electron chi connectivity index (χ3n) is 6.34. The Kier molecular flexibility index (Phi) is 7.52. The molecule has 1 saturated heterocycles. The molecule has 1 fully saturated rings. The predicted octanol–water partition coefficient (Wildman–Crippen LogP) is 5.95. The molecule has 2 amide bonds. The average Bonchev–Trinajstić information content (AvgIpc) is 3.42. The van der Waals surface area contributed by atoms with Gasteiger partial charge in [-0.05, 0) is 54.6 Å². The van der Waals surface area contributed by atoms with E-state index in [1.165, 1.54) is 23.1 Å². The summed E-state index contributed by atoms with van der Waals surface area (Å²) in [5.41, 5.74) is 1.68. The third kappa shape index (κ3) is 5.52. The summed E-state index contributed by atoms with van der Waals surface area (Å²) in [4.78, 5) is 37.0. The van der Waals surface area contributed by atoms with Gasteiger partial charge in [-0.2, -0.15) is 0 Å². The number of thiazole rings is 1. The number of rotatable bonds is 7. The zero-order valence-corrected chi connectivity index (χ0v) is 21.7. The molecule has 0 spiro atoms. The molecule has 0 aliphatic carbocycles. The second-order valence-electron chi connectivity index (χ2n) is 8.76. The molecular weight excluding hydrogens is 504 g/mol. The van der Waals surface area contributed by atoms with Gasteiger partial charge in [-0.15, -0.1) is 29.7 Å². The molecule has 188 valence electrons. The summed E-state index contributed by atoms with van der Waals surface area (Å²) in [6.45, 7) is 5.01. The van der Waals surface area contributed by atoms with Crippen molar-refractivity contribution >= 4 is 51.4 Å². The van der Waals surface area contributed by atoms with Gasteiger partial charge in [-0.25, -0.2) is 9.97 Å². The summed E-state index contributed by atoms with van der Waals surface area (Å²) in [6.07, 6.45) is 5.09. The number of phenols is 1. The molecule has 37 heavy (non-hydrogen) atoms. The Balaban J connectivity index is 1.22. The Morgan fingerprint density at radius 1 is 1.19 bits per heavy atom. The second-order valence-corrected chi connectivity index (χ2v) is 10.7. The number of thioether (sulfide) groups is 1. The summed E-state index contributed by atoms with van der Waals surface area (Å²) in [7, 11) is 0. The highest BCUT2D eigenvalue weighted by molar-refractivity contribution is 7.99. The maximum atomic E-state index is 13.2. The molecule has 5 rings (SSSR count). The van der Waals surface area contributed by atoms with Gasteiger partial charge in [0.1, 0.15) is 16.5 Å². The van der Waals surface area contributed by atoms with E-state index in [4.69, 9.17) is 0 Å². The van der Waals surface area contributed by atoms with E-state index in [1.807, 2.05) is 29.2 Å². The van der Waals surface area contributed by atoms with E-state index in [-0.39, 0.29) is 23.5 Å². The highest BCUT2D eigenvalue weighted by Crippen LogP contribution is 2.32. The van der Waals surface area contributed by atoms with Crippen LogP contribution in [0.1, 0.15) is 44.6 Å². The molecule has 2 aromatic heterocycles. The second kappa shape index (κ2) is 11.1. The number of fused-ring (bicyclic) bond motifs is 1. The fourth-order valence-electron chi connectivity index (χ4n) is 4.45. The van der Waals surface area contributed by atoms with Crippen molar-refractivity contribution in [2.45, 2.75) is 23.8 Å². The Morgan fingerprint density at radius 3 is 2.84 bits per heavy atom. The monoisotopic (exact) mass is 530 g/mol. The molecule has 3 heterocycles. The van der Waals surface area contributed by atoms with Crippen LogP contribution in [0.2, 0.25) is 0 Å². The van der Waals surface area contributed by atoms with Gasteiger partial charge >= 0.3 is 0 Å². The normalized spacial score (nSPS) is 14.0. The molecule has 2 aromatic carbocycles. The molecule has 0 radical (unpaired) electrons. The minimum atomic E-state index is -0.267. The lowest BCUT2D eigenvalue weighted by molar-refractivity contribution is 0.0708. The molecule has 7 nitrogen and oxygen atoms in total.